The third kappa shape index (κ3) is 3.53. The molecule has 0 saturated carbocycles. The Morgan fingerprint density at radius 2 is 1.85 bits per heavy atom. The molecule has 0 unspecified atom stereocenters. The molecule has 0 fully saturated rings. The van der Waals surface area contributed by atoms with E-state index in [2.05, 4.69) is 37.9 Å². The van der Waals surface area contributed by atoms with E-state index in [-0.39, 0.29) is 0 Å². The lowest BCUT2D eigenvalue weighted by Gasteiger charge is -2.09. The van der Waals surface area contributed by atoms with Gasteiger partial charge in [-0.25, -0.2) is 0 Å². The van der Waals surface area contributed by atoms with Crippen molar-refractivity contribution in [2.24, 2.45) is 0 Å². The van der Waals surface area contributed by atoms with Crippen molar-refractivity contribution in [2.45, 2.75) is 5.33 Å². The molecule has 0 bridgehead atoms. The van der Waals surface area contributed by atoms with Crippen LogP contribution in [-0.4, -0.2) is 7.11 Å². The first-order chi connectivity index (χ1) is 9.66. The van der Waals surface area contributed by atoms with Gasteiger partial charge < -0.3 is 9.47 Å². The molecule has 0 amide bonds. The Labute approximate surface area is 134 Å². The fourth-order valence-electron chi connectivity index (χ4n) is 1.65. The first kappa shape index (κ1) is 14.9. The van der Waals surface area contributed by atoms with Gasteiger partial charge in [-0.05, 0) is 29.8 Å². The molecule has 0 atom stereocenters. The van der Waals surface area contributed by atoms with E-state index >= 15 is 0 Å². The summed E-state index contributed by atoms with van der Waals surface area (Å²) in [6.45, 7) is 0. The van der Waals surface area contributed by atoms with E-state index in [1.165, 1.54) is 0 Å². The van der Waals surface area contributed by atoms with Crippen molar-refractivity contribution in [3.63, 3.8) is 0 Å². The lowest BCUT2D eigenvalue weighted by molar-refractivity contribution is 0.409. The lowest BCUT2D eigenvalue weighted by Crippen LogP contribution is -1.90. The highest BCUT2D eigenvalue weighted by molar-refractivity contribution is 9.10. The second-order valence-corrected chi connectivity index (χ2v) is 5.41. The van der Waals surface area contributed by atoms with Gasteiger partial charge in [-0.1, -0.05) is 37.9 Å². The monoisotopic (exact) mass is 395 g/mol. The zero-order valence-corrected chi connectivity index (χ0v) is 13.9. The molecule has 2 aromatic carbocycles. The Kier molecular flexibility index (Phi) is 5.05. The fourth-order valence-corrected chi connectivity index (χ4v) is 3.01. The predicted octanol–water partition coefficient (Wildman–Crippen LogP) is 5.02. The van der Waals surface area contributed by atoms with E-state index in [9.17, 15) is 0 Å². The normalized spacial score (nSPS) is 9.90. The van der Waals surface area contributed by atoms with Gasteiger partial charge in [-0.15, -0.1) is 0 Å². The van der Waals surface area contributed by atoms with Gasteiger partial charge in [0.05, 0.1) is 18.7 Å². The van der Waals surface area contributed by atoms with Crippen LogP contribution in [0.25, 0.3) is 0 Å². The number of halogens is 2. The maximum absolute atomic E-state index is 8.99. The van der Waals surface area contributed by atoms with Crippen LogP contribution in [0.4, 0.5) is 0 Å². The predicted molar refractivity (Wildman–Crippen MR) is 84.6 cm³/mol. The van der Waals surface area contributed by atoms with Gasteiger partial charge in [0.1, 0.15) is 17.2 Å². The summed E-state index contributed by atoms with van der Waals surface area (Å²) in [6.07, 6.45) is 0. The van der Waals surface area contributed by atoms with Gasteiger partial charge in [-0.2, -0.15) is 5.26 Å². The number of methoxy groups -OCH3 is 1. The Morgan fingerprint density at radius 1 is 1.10 bits per heavy atom. The van der Waals surface area contributed by atoms with Crippen molar-refractivity contribution in [2.75, 3.05) is 7.11 Å². The zero-order chi connectivity index (χ0) is 14.5. The molecule has 0 aliphatic carbocycles. The number of nitrogens with zero attached hydrogens (tertiary/aromatic N) is 1. The molecule has 2 aromatic rings. The summed E-state index contributed by atoms with van der Waals surface area (Å²) in [4.78, 5) is 0. The van der Waals surface area contributed by atoms with Crippen LogP contribution >= 0.6 is 31.9 Å². The fraction of sp³-hybridized carbons (Fsp3) is 0.133. The molecule has 0 aromatic heterocycles. The molecule has 102 valence electrons. The molecular formula is C15H11Br2NO2. The first-order valence-corrected chi connectivity index (χ1v) is 7.69. The number of nitriles is 1. The Morgan fingerprint density at radius 3 is 2.45 bits per heavy atom. The van der Waals surface area contributed by atoms with Crippen molar-refractivity contribution < 1.29 is 9.47 Å². The Bertz CT molecular complexity index is 665. The number of hydrogen-bond donors (Lipinski definition) is 0. The minimum atomic E-state index is 0.496. The molecule has 0 aliphatic rings. The second kappa shape index (κ2) is 6.78. The highest BCUT2D eigenvalue weighted by atomic mass is 79.9. The van der Waals surface area contributed by atoms with E-state index in [0.29, 0.717) is 22.8 Å². The van der Waals surface area contributed by atoms with Gasteiger partial charge in [0, 0.05) is 15.9 Å². The van der Waals surface area contributed by atoms with Crippen LogP contribution in [0.2, 0.25) is 0 Å². The van der Waals surface area contributed by atoms with Crippen LogP contribution in [0.3, 0.4) is 0 Å². The second-order valence-electron chi connectivity index (χ2n) is 4.00. The number of alkyl halides is 1. The van der Waals surface area contributed by atoms with Crippen molar-refractivity contribution in [1.82, 2.24) is 0 Å². The van der Waals surface area contributed by atoms with Crippen LogP contribution in [0, 0.1) is 11.3 Å². The zero-order valence-electron chi connectivity index (χ0n) is 10.7. The maximum atomic E-state index is 8.99. The quantitative estimate of drug-likeness (QED) is 0.681. The van der Waals surface area contributed by atoms with E-state index in [4.69, 9.17) is 14.7 Å². The Balaban J connectivity index is 2.30. The van der Waals surface area contributed by atoms with Crippen LogP contribution in [-0.2, 0) is 5.33 Å². The molecule has 2 rings (SSSR count). The standard InChI is InChI=1S/C15H11Br2NO2/c1-19-13-4-10(9-18)5-14(6-13)20-12-3-2-11(8-16)15(17)7-12/h2-7H,8H2,1H3. The largest absolute Gasteiger partial charge is 0.497 e. The molecule has 0 heterocycles. The van der Waals surface area contributed by atoms with E-state index in [0.717, 1.165) is 15.4 Å². The van der Waals surface area contributed by atoms with Gasteiger partial charge in [-0.3, -0.25) is 0 Å². The van der Waals surface area contributed by atoms with Gasteiger partial charge in [0.25, 0.3) is 0 Å². The summed E-state index contributed by atoms with van der Waals surface area (Å²) in [6, 6.07) is 12.9. The van der Waals surface area contributed by atoms with E-state index in [1.54, 1.807) is 25.3 Å². The maximum Gasteiger partial charge on any atom is 0.132 e. The lowest BCUT2D eigenvalue weighted by atomic mass is 10.2. The summed E-state index contributed by atoms with van der Waals surface area (Å²) in [5, 5.41) is 9.76. The molecule has 0 aliphatic heterocycles. The summed E-state index contributed by atoms with van der Waals surface area (Å²) in [5.41, 5.74) is 1.64. The molecule has 3 nitrogen and oxygen atoms in total. The third-order valence-corrected chi connectivity index (χ3v) is 3.99. The van der Waals surface area contributed by atoms with Gasteiger partial charge in [0.15, 0.2) is 0 Å². The average Bonchev–Trinajstić information content (AvgIpc) is 2.47. The van der Waals surface area contributed by atoms with E-state index < -0.39 is 0 Å². The van der Waals surface area contributed by atoms with Crippen molar-refractivity contribution in [1.29, 1.82) is 5.26 Å². The molecular weight excluding hydrogens is 386 g/mol. The number of ether oxygens (including phenoxy) is 2. The van der Waals surface area contributed by atoms with Crippen LogP contribution in [0.5, 0.6) is 17.2 Å². The third-order valence-electron chi connectivity index (χ3n) is 2.65. The smallest absolute Gasteiger partial charge is 0.132 e. The van der Waals surface area contributed by atoms with Crippen molar-refractivity contribution in [3.8, 4) is 23.3 Å². The van der Waals surface area contributed by atoms with Crippen molar-refractivity contribution in [3.05, 3.63) is 52.0 Å². The van der Waals surface area contributed by atoms with Crippen LogP contribution in [0.15, 0.2) is 40.9 Å². The average molecular weight is 397 g/mol. The first-order valence-electron chi connectivity index (χ1n) is 5.77. The molecule has 0 spiro atoms. The SMILES string of the molecule is COc1cc(C#N)cc(Oc2ccc(CBr)c(Br)c2)c1. The highest BCUT2D eigenvalue weighted by Gasteiger charge is 2.05. The van der Waals surface area contributed by atoms with Crippen LogP contribution < -0.4 is 9.47 Å². The number of benzene rings is 2. The molecule has 0 N–H and O–H groups in total. The molecule has 0 saturated heterocycles. The Hall–Kier alpha value is -1.51. The van der Waals surface area contributed by atoms with Crippen molar-refractivity contribution >= 4 is 31.9 Å². The van der Waals surface area contributed by atoms with E-state index in [1.807, 2.05) is 18.2 Å². The summed E-state index contributed by atoms with van der Waals surface area (Å²) in [7, 11) is 1.56. The summed E-state index contributed by atoms with van der Waals surface area (Å²) < 4.78 is 11.9. The van der Waals surface area contributed by atoms with Gasteiger partial charge >= 0.3 is 0 Å². The minimum absolute atomic E-state index is 0.496. The summed E-state index contributed by atoms with van der Waals surface area (Å²) >= 11 is 6.90. The highest BCUT2D eigenvalue weighted by Crippen LogP contribution is 2.30. The van der Waals surface area contributed by atoms with Gasteiger partial charge in [0.2, 0.25) is 0 Å². The number of hydrogen-bond acceptors (Lipinski definition) is 3. The molecule has 20 heavy (non-hydrogen) atoms. The minimum Gasteiger partial charge on any atom is -0.497 e. The summed E-state index contributed by atoms with van der Waals surface area (Å²) in [5.74, 6) is 1.85. The molecule has 0 radical (unpaired) electrons. The topological polar surface area (TPSA) is 42.2 Å². The number of rotatable bonds is 4. The molecule has 5 heteroatoms. The van der Waals surface area contributed by atoms with Crippen LogP contribution in [0.1, 0.15) is 11.1 Å².